The zero-order valence-electron chi connectivity index (χ0n) is 8.76. The number of hydrogen-bond acceptors (Lipinski definition) is 2. The van der Waals surface area contributed by atoms with Crippen LogP contribution in [0.15, 0.2) is 0 Å². The maximum atomic E-state index is 11.7. The molecule has 0 fully saturated rings. The van der Waals surface area contributed by atoms with Crippen molar-refractivity contribution in [3.63, 3.8) is 0 Å². The summed E-state index contributed by atoms with van der Waals surface area (Å²) < 4.78 is 4.88. The van der Waals surface area contributed by atoms with Crippen molar-refractivity contribution >= 4 is 17.5 Å². The minimum Gasteiger partial charge on any atom is -0.383 e. The highest BCUT2D eigenvalue weighted by Gasteiger charge is 2.29. The fourth-order valence-electron chi connectivity index (χ4n) is 0.904. The third kappa shape index (κ3) is 3.96. The van der Waals surface area contributed by atoms with Crippen LogP contribution in [0, 0.1) is 5.41 Å². The van der Waals surface area contributed by atoms with Gasteiger partial charge in [-0.2, -0.15) is 0 Å². The highest BCUT2D eigenvalue weighted by Crippen LogP contribution is 2.19. The van der Waals surface area contributed by atoms with E-state index in [1.54, 1.807) is 19.1 Å². The van der Waals surface area contributed by atoms with E-state index in [4.69, 9.17) is 16.3 Å². The first kappa shape index (κ1) is 12.7. The number of alkyl halides is 1. The third-order valence-corrected chi connectivity index (χ3v) is 2.56. The van der Waals surface area contributed by atoms with Gasteiger partial charge >= 0.3 is 0 Å². The Morgan fingerprint density at radius 2 is 2.08 bits per heavy atom. The van der Waals surface area contributed by atoms with E-state index in [0.29, 0.717) is 19.0 Å². The molecule has 78 valence electrons. The number of halogens is 1. The molecule has 0 bridgehead atoms. The van der Waals surface area contributed by atoms with E-state index < -0.39 is 5.41 Å². The molecule has 1 amide bonds. The molecule has 4 heteroatoms. The van der Waals surface area contributed by atoms with Crippen molar-refractivity contribution in [1.82, 2.24) is 4.90 Å². The van der Waals surface area contributed by atoms with Crippen LogP contribution in [0.4, 0.5) is 0 Å². The van der Waals surface area contributed by atoms with Gasteiger partial charge in [0.05, 0.1) is 12.0 Å². The smallest absolute Gasteiger partial charge is 0.229 e. The molecule has 13 heavy (non-hydrogen) atoms. The Balaban J connectivity index is 4.09. The number of carbonyl (C=O) groups excluding carboxylic acids is 1. The molecule has 0 rings (SSSR count). The first-order chi connectivity index (χ1) is 5.95. The summed E-state index contributed by atoms with van der Waals surface area (Å²) in [4.78, 5) is 13.3. The van der Waals surface area contributed by atoms with Gasteiger partial charge in [0, 0.05) is 26.6 Å². The summed E-state index contributed by atoms with van der Waals surface area (Å²) in [5, 5.41) is 0. The molecule has 3 nitrogen and oxygen atoms in total. The van der Waals surface area contributed by atoms with Gasteiger partial charge in [0.2, 0.25) is 5.91 Å². The van der Waals surface area contributed by atoms with Crippen LogP contribution in [-0.2, 0) is 9.53 Å². The predicted octanol–water partition coefficient (Wildman–Crippen LogP) is 1.36. The first-order valence-corrected chi connectivity index (χ1v) is 4.79. The summed E-state index contributed by atoms with van der Waals surface area (Å²) in [5.74, 6) is 0.392. The zero-order valence-corrected chi connectivity index (χ0v) is 9.52. The molecule has 0 saturated carbocycles. The van der Waals surface area contributed by atoms with Gasteiger partial charge in [-0.15, -0.1) is 11.6 Å². The second kappa shape index (κ2) is 5.45. The Kier molecular flexibility index (Phi) is 5.33. The van der Waals surface area contributed by atoms with Crippen molar-refractivity contribution in [3.05, 3.63) is 0 Å². The second-order valence-corrected chi connectivity index (χ2v) is 4.00. The Bertz CT molecular complexity index is 171. The van der Waals surface area contributed by atoms with E-state index in [-0.39, 0.29) is 5.91 Å². The van der Waals surface area contributed by atoms with Crippen LogP contribution in [-0.4, -0.2) is 44.0 Å². The van der Waals surface area contributed by atoms with Crippen LogP contribution in [0.5, 0.6) is 0 Å². The molecular formula is C9H18ClNO2. The van der Waals surface area contributed by atoms with Gasteiger partial charge < -0.3 is 9.64 Å². The minimum absolute atomic E-state index is 0.0551. The molecule has 0 radical (unpaired) electrons. The Hall–Kier alpha value is -0.280. The number of rotatable bonds is 5. The van der Waals surface area contributed by atoms with E-state index in [1.165, 1.54) is 0 Å². The Morgan fingerprint density at radius 3 is 2.46 bits per heavy atom. The molecule has 0 spiro atoms. The summed E-state index contributed by atoms with van der Waals surface area (Å²) in [6, 6.07) is 0. The fourth-order valence-corrected chi connectivity index (χ4v) is 1.02. The molecule has 0 aliphatic carbocycles. The van der Waals surface area contributed by atoms with E-state index in [2.05, 4.69) is 0 Å². The van der Waals surface area contributed by atoms with Crippen LogP contribution >= 0.6 is 11.6 Å². The van der Waals surface area contributed by atoms with Crippen LogP contribution in [0.2, 0.25) is 0 Å². The molecule has 0 saturated heterocycles. The van der Waals surface area contributed by atoms with Gasteiger partial charge in [0.25, 0.3) is 0 Å². The summed E-state index contributed by atoms with van der Waals surface area (Å²) in [6.07, 6.45) is 0. The van der Waals surface area contributed by atoms with Crippen LogP contribution < -0.4 is 0 Å². The molecule has 0 aromatic heterocycles. The van der Waals surface area contributed by atoms with Gasteiger partial charge in [-0.05, 0) is 13.8 Å². The van der Waals surface area contributed by atoms with Crippen LogP contribution in [0.3, 0.4) is 0 Å². The Labute approximate surface area is 85.0 Å². The minimum atomic E-state index is -0.482. The van der Waals surface area contributed by atoms with Crippen LogP contribution in [0.1, 0.15) is 13.8 Å². The molecule has 0 aromatic rings. The maximum Gasteiger partial charge on any atom is 0.229 e. The lowest BCUT2D eigenvalue weighted by Gasteiger charge is -2.27. The van der Waals surface area contributed by atoms with Crippen molar-refractivity contribution in [2.45, 2.75) is 13.8 Å². The van der Waals surface area contributed by atoms with Crippen molar-refractivity contribution in [2.24, 2.45) is 5.41 Å². The van der Waals surface area contributed by atoms with Crippen molar-refractivity contribution in [2.75, 3.05) is 33.2 Å². The number of likely N-dealkylation sites (N-methyl/N-ethyl adjacent to an activating group) is 1. The Morgan fingerprint density at radius 1 is 1.54 bits per heavy atom. The lowest BCUT2D eigenvalue weighted by molar-refractivity contribution is -0.138. The highest BCUT2D eigenvalue weighted by molar-refractivity contribution is 6.19. The normalized spacial score (nSPS) is 11.5. The fraction of sp³-hybridized carbons (Fsp3) is 0.889. The third-order valence-electron chi connectivity index (χ3n) is 1.89. The van der Waals surface area contributed by atoms with E-state index in [0.717, 1.165) is 0 Å². The van der Waals surface area contributed by atoms with Crippen molar-refractivity contribution < 1.29 is 9.53 Å². The van der Waals surface area contributed by atoms with Gasteiger partial charge in [-0.25, -0.2) is 0 Å². The van der Waals surface area contributed by atoms with E-state index >= 15 is 0 Å². The first-order valence-electron chi connectivity index (χ1n) is 4.26. The highest BCUT2D eigenvalue weighted by atomic mass is 35.5. The molecule has 0 aliphatic rings. The zero-order chi connectivity index (χ0) is 10.5. The molecule has 0 aliphatic heterocycles. The standard InChI is InChI=1S/C9H18ClNO2/c1-9(2,7-10)8(12)11(3)5-6-13-4/h5-7H2,1-4H3. The topological polar surface area (TPSA) is 29.5 Å². The van der Waals surface area contributed by atoms with Crippen LogP contribution in [0.25, 0.3) is 0 Å². The lowest BCUT2D eigenvalue weighted by Crippen LogP contribution is -2.41. The van der Waals surface area contributed by atoms with Crippen molar-refractivity contribution in [3.8, 4) is 0 Å². The number of carbonyl (C=O) groups is 1. The number of ether oxygens (including phenoxy) is 1. The molecule has 0 unspecified atom stereocenters. The van der Waals surface area contributed by atoms with Gasteiger partial charge in [0.1, 0.15) is 0 Å². The largest absolute Gasteiger partial charge is 0.383 e. The second-order valence-electron chi connectivity index (χ2n) is 3.74. The quantitative estimate of drug-likeness (QED) is 0.638. The lowest BCUT2D eigenvalue weighted by atomic mass is 9.94. The number of amides is 1. The molecule has 0 atom stereocenters. The molecular weight excluding hydrogens is 190 g/mol. The summed E-state index contributed by atoms with van der Waals surface area (Å²) >= 11 is 5.69. The maximum absolute atomic E-state index is 11.7. The molecule has 0 heterocycles. The molecule has 0 aromatic carbocycles. The van der Waals surface area contributed by atoms with E-state index in [9.17, 15) is 4.79 Å². The summed E-state index contributed by atoms with van der Waals surface area (Å²) in [5.41, 5.74) is -0.482. The number of hydrogen-bond donors (Lipinski definition) is 0. The summed E-state index contributed by atoms with van der Waals surface area (Å²) in [7, 11) is 3.38. The van der Waals surface area contributed by atoms with Crippen molar-refractivity contribution in [1.29, 1.82) is 0 Å². The number of nitrogens with zero attached hydrogens (tertiary/aromatic N) is 1. The predicted molar refractivity (Wildman–Crippen MR) is 54.0 cm³/mol. The monoisotopic (exact) mass is 207 g/mol. The molecule has 0 N–H and O–H groups in total. The SMILES string of the molecule is COCCN(C)C(=O)C(C)(C)CCl. The average molecular weight is 208 g/mol. The van der Waals surface area contributed by atoms with E-state index in [1.807, 2.05) is 13.8 Å². The average Bonchev–Trinajstić information content (AvgIpc) is 2.12. The number of methoxy groups -OCH3 is 1. The van der Waals surface area contributed by atoms with Gasteiger partial charge in [-0.3, -0.25) is 4.79 Å². The van der Waals surface area contributed by atoms with Gasteiger partial charge in [0.15, 0.2) is 0 Å². The van der Waals surface area contributed by atoms with Gasteiger partial charge in [-0.1, -0.05) is 0 Å². The summed E-state index contributed by atoms with van der Waals surface area (Å²) in [6.45, 7) is 4.84.